The number of para-hydroxylation sites is 1. The van der Waals surface area contributed by atoms with Crippen LogP contribution in [0.2, 0.25) is 5.02 Å². The highest BCUT2D eigenvalue weighted by atomic mass is 35.5. The maximum atomic E-state index is 12.9. The third-order valence-corrected chi connectivity index (χ3v) is 5.05. The van der Waals surface area contributed by atoms with Gasteiger partial charge in [0, 0.05) is 10.6 Å². The van der Waals surface area contributed by atoms with Crippen LogP contribution < -0.4 is 19.9 Å². The minimum absolute atomic E-state index is 0.0433. The topological polar surface area (TPSA) is 67.9 Å². The predicted molar refractivity (Wildman–Crippen MR) is 124 cm³/mol. The van der Waals surface area contributed by atoms with Crippen LogP contribution in [0, 0.1) is 6.92 Å². The number of rotatable bonds is 7. The molecule has 0 spiro atoms. The fourth-order valence-electron chi connectivity index (χ4n) is 3.23. The quantitative estimate of drug-likeness (QED) is 0.326. The first-order valence-corrected chi connectivity index (χ1v) is 10.4. The number of hydrogen-bond donors (Lipinski definition) is 1. The van der Waals surface area contributed by atoms with Gasteiger partial charge in [-0.3, -0.25) is 15.0 Å². The molecule has 32 heavy (non-hydrogen) atoms. The van der Waals surface area contributed by atoms with Crippen molar-refractivity contribution in [1.82, 2.24) is 5.43 Å². The molecule has 0 atom stereocenters. The standard InChI is InChI=1S/C25H21ClN2O4/c1-17-7-12-23(32-14-13-31-21-10-8-19(26)9-11-21)18(15-17)16-22-24(29)27-28(25(22)30)20-5-3-2-4-6-20/h2-12,15-16H,13-14H2,1H3,(H,27,29). The molecule has 1 N–H and O–H groups in total. The van der Waals surface area contributed by atoms with E-state index in [2.05, 4.69) is 5.43 Å². The molecule has 0 bridgehead atoms. The van der Waals surface area contributed by atoms with Crippen molar-refractivity contribution in [3.8, 4) is 11.5 Å². The highest BCUT2D eigenvalue weighted by Crippen LogP contribution is 2.26. The first-order chi connectivity index (χ1) is 15.5. The zero-order valence-corrected chi connectivity index (χ0v) is 18.1. The normalized spacial score (nSPS) is 14.6. The third kappa shape index (κ3) is 4.92. The van der Waals surface area contributed by atoms with Gasteiger partial charge in [0.05, 0.1) is 5.69 Å². The molecule has 1 fully saturated rings. The maximum Gasteiger partial charge on any atom is 0.282 e. The molecule has 4 rings (SSSR count). The molecule has 0 aromatic heterocycles. The molecular weight excluding hydrogens is 428 g/mol. The van der Waals surface area contributed by atoms with Crippen molar-refractivity contribution in [2.24, 2.45) is 0 Å². The van der Waals surface area contributed by atoms with Gasteiger partial charge in [0.25, 0.3) is 11.8 Å². The summed E-state index contributed by atoms with van der Waals surface area (Å²) in [5.74, 6) is 0.372. The van der Waals surface area contributed by atoms with E-state index in [0.717, 1.165) is 5.56 Å². The molecular formula is C25H21ClN2O4. The number of carbonyl (C=O) groups is 2. The molecule has 0 saturated carbocycles. The summed E-state index contributed by atoms with van der Waals surface area (Å²) in [6.07, 6.45) is 1.56. The van der Waals surface area contributed by atoms with Crippen LogP contribution in [0.4, 0.5) is 5.69 Å². The van der Waals surface area contributed by atoms with E-state index in [0.29, 0.717) is 34.4 Å². The number of hydrazine groups is 1. The van der Waals surface area contributed by atoms with Crippen LogP contribution in [0.25, 0.3) is 6.08 Å². The molecule has 0 unspecified atom stereocenters. The van der Waals surface area contributed by atoms with Crippen molar-refractivity contribution in [2.75, 3.05) is 18.2 Å². The van der Waals surface area contributed by atoms with Crippen LogP contribution in [0.3, 0.4) is 0 Å². The van der Waals surface area contributed by atoms with Crippen molar-refractivity contribution in [3.05, 3.63) is 94.5 Å². The summed E-state index contributed by atoms with van der Waals surface area (Å²) in [4.78, 5) is 25.4. The average molecular weight is 449 g/mol. The lowest BCUT2D eigenvalue weighted by Gasteiger charge is -2.14. The Morgan fingerprint density at radius 3 is 2.41 bits per heavy atom. The van der Waals surface area contributed by atoms with Crippen molar-refractivity contribution in [3.63, 3.8) is 0 Å². The number of carbonyl (C=O) groups excluding carboxylic acids is 2. The van der Waals surface area contributed by atoms with Crippen molar-refractivity contribution >= 4 is 35.2 Å². The molecule has 1 aliphatic rings. The number of nitrogens with zero attached hydrogens (tertiary/aromatic N) is 1. The average Bonchev–Trinajstić information content (AvgIpc) is 3.08. The number of ether oxygens (including phenoxy) is 2. The lowest BCUT2D eigenvalue weighted by atomic mass is 10.1. The number of halogens is 1. The van der Waals surface area contributed by atoms with E-state index in [1.807, 2.05) is 31.2 Å². The fraction of sp³-hybridized carbons (Fsp3) is 0.120. The van der Waals surface area contributed by atoms with E-state index >= 15 is 0 Å². The Bertz CT molecular complexity index is 1160. The third-order valence-electron chi connectivity index (χ3n) is 4.79. The number of benzene rings is 3. The van der Waals surface area contributed by atoms with Crippen LogP contribution in [0.15, 0.2) is 78.4 Å². The fourth-order valence-corrected chi connectivity index (χ4v) is 3.35. The van der Waals surface area contributed by atoms with Crippen LogP contribution in [0.5, 0.6) is 11.5 Å². The minimum Gasteiger partial charge on any atom is -0.490 e. The Morgan fingerprint density at radius 2 is 1.66 bits per heavy atom. The molecule has 3 aromatic rings. The first kappa shape index (κ1) is 21.5. The molecule has 6 nitrogen and oxygen atoms in total. The second-order valence-corrected chi connectivity index (χ2v) is 7.60. The monoisotopic (exact) mass is 448 g/mol. The van der Waals surface area contributed by atoms with E-state index in [1.54, 1.807) is 54.6 Å². The highest BCUT2D eigenvalue weighted by Gasteiger charge is 2.34. The van der Waals surface area contributed by atoms with Gasteiger partial charge in [-0.05, 0) is 61.5 Å². The number of anilines is 1. The van der Waals surface area contributed by atoms with Crippen molar-refractivity contribution in [2.45, 2.75) is 6.92 Å². The zero-order chi connectivity index (χ0) is 22.5. The molecule has 0 radical (unpaired) electrons. The summed E-state index contributed by atoms with van der Waals surface area (Å²) >= 11 is 5.88. The van der Waals surface area contributed by atoms with Gasteiger partial charge in [0.1, 0.15) is 30.3 Å². The van der Waals surface area contributed by atoms with E-state index in [9.17, 15) is 9.59 Å². The second-order valence-electron chi connectivity index (χ2n) is 7.17. The van der Waals surface area contributed by atoms with E-state index < -0.39 is 11.8 Å². The van der Waals surface area contributed by atoms with Gasteiger partial charge in [-0.25, -0.2) is 5.01 Å². The zero-order valence-electron chi connectivity index (χ0n) is 17.4. The highest BCUT2D eigenvalue weighted by molar-refractivity contribution is 6.31. The van der Waals surface area contributed by atoms with Crippen LogP contribution in [-0.2, 0) is 9.59 Å². The van der Waals surface area contributed by atoms with Gasteiger partial charge in [0.2, 0.25) is 0 Å². The number of aryl methyl sites for hydroxylation is 1. The largest absolute Gasteiger partial charge is 0.490 e. The molecule has 2 amide bonds. The van der Waals surface area contributed by atoms with Crippen molar-refractivity contribution < 1.29 is 19.1 Å². The number of nitrogens with one attached hydrogen (secondary N) is 1. The SMILES string of the molecule is Cc1ccc(OCCOc2ccc(Cl)cc2)c(C=C2C(=O)NN(c3ccccc3)C2=O)c1. The Balaban J connectivity index is 1.48. The van der Waals surface area contributed by atoms with Gasteiger partial charge in [-0.15, -0.1) is 0 Å². The number of amides is 2. The summed E-state index contributed by atoms with van der Waals surface area (Å²) in [7, 11) is 0. The van der Waals surface area contributed by atoms with Crippen LogP contribution in [-0.4, -0.2) is 25.0 Å². The number of hydrogen-bond acceptors (Lipinski definition) is 4. The summed E-state index contributed by atoms with van der Waals surface area (Å²) in [6.45, 7) is 2.55. The molecule has 0 aliphatic carbocycles. The molecule has 3 aromatic carbocycles. The second kappa shape index (κ2) is 9.58. The van der Waals surface area contributed by atoms with Crippen LogP contribution >= 0.6 is 11.6 Å². The lowest BCUT2D eigenvalue weighted by molar-refractivity contribution is -0.117. The Hall–Kier alpha value is -3.77. The maximum absolute atomic E-state index is 12.9. The molecule has 162 valence electrons. The molecule has 7 heteroatoms. The van der Waals surface area contributed by atoms with Gasteiger partial charge >= 0.3 is 0 Å². The Kier molecular flexibility index (Phi) is 6.42. The molecule has 1 saturated heterocycles. The molecule has 1 aliphatic heterocycles. The summed E-state index contributed by atoms with van der Waals surface area (Å²) in [5.41, 5.74) is 4.86. The smallest absolute Gasteiger partial charge is 0.282 e. The summed E-state index contributed by atoms with van der Waals surface area (Å²) in [6, 6.07) is 21.6. The Morgan fingerprint density at radius 1 is 0.938 bits per heavy atom. The minimum atomic E-state index is -0.461. The van der Waals surface area contributed by atoms with Gasteiger partial charge in [-0.2, -0.15) is 0 Å². The lowest BCUT2D eigenvalue weighted by Crippen LogP contribution is -2.35. The summed E-state index contributed by atoms with van der Waals surface area (Å²) < 4.78 is 11.5. The molecule has 1 heterocycles. The van der Waals surface area contributed by atoms with E-state index in [4.69, 9.17) is 21.1 Å². The van der Waals surface area contributed by atoms with Crippen LogP contribution in [0.1, 0.15) is 11.1 Å². The van der Waals surface area contributed by atoms with Gasteiger partial charge in [-0.1, -0.05) is 41.4 Å². The van der Waals surface area contributed by atoms with E-state index in [-0.39, 0.29) is 12.2 Å². The predicted octanol–water partition coefficient (Wildman–Crippen LogP) is 4.57. The van der Waals surface area contributed by atoms with Gasteiger partial charge in [0.15, 0.2) is 0 Å². The van der Waals surface area contributed by atoms with Gasteiger partial charge < -0.3 is 9.47 Å². The van der Waals surface area contributed by atoms with E-state index in [1.165, 1.54) is 5.01 Å². The summed E-state index contributed by atoms with van der Waals surface area (Å²) in [5, 5.41) is 1.88. The van der Waals surface area contributed by atoms with Crippen molar-refractivity contribution in [1.29, 1.82) is 0 Å². The Labute approximate surface area is 191 Å². The first-order valence-electron chi connectivity index (χ1n) is 10.1.